The molecular formula is C18H21N3O3S. The van der Waals surface area contributed by atoms with Gasteiger partial charge in [-0.25, -0.2) is 0 Å². The maximum atomic E-state index is 11.9. The van der Waals surface area contributed by atoms with Crippen LogP contribution in [0.5, 0.6) is 0 Å². The smallest absolute Gasteiger partial charge is 0.313 e. The van der Waals surface area contributed by atoms with Crippen molar-refractivity contribution < 1.29 is 14.4 Å². The summed E-state index contributed by atoms with van der Waals surface area (Å²) in [5.74, 6) is -1.35. The highest BCUT2D eigenvalue weighted by Gasteiger charge is 2.13. The monoisotopic (exact) mass is 359 g/mol. The largest absolute Gasteiger partial charge is 0.378 e. The number of nitrogens with one attached hydrogen (secondary N) is 2. The highest BCUT2D eigenvalue weighted by atomic mass is 32.1. The molecule has 0 aliphatic heterocycles. The fourth-order valence-corrected chi connectivity index (χ4v) is 3.01. The molecule has 6 nitrogen and oxygen atoms in total. The van der Waals surface area contributed by atoms with Crippen LogP contribution in [0.1, 0.15) is 21.5 Å². The molecule has 2 aromatic rings. The zero-order chi connectivity index (χ0) is 18.4. The summed E-state index contributed by atoms with van der Waals surface area (Å²) in [5.41, 5.74) is 1.57. The SMILES string of the molecule is CC(=O)c1ccc(CCNC(=O)C(=O)Nc2ccc(N(C)C)cc2)s1. The van der Waals surface area contributed by atoms with E-state index >= 15 is 0 Å². The van der Waals surface area contributed by atoms with Crippen LogP contribution >= 0.6 is 11.3 Å². The number of amides is 2. The molecule has 0 atom stereocenters. The van der Waals surface area contributed by atoms with Crippen molar-refractivity contribution in [2.75, 3.05) is 30.9 Å². The molecule has 2 rings (SSSR count). The van der Waals surface area contributed by atoms with Crippen LogP contribution in [0.3, 0.4) is 0 Å². The lowest BCUT2D eigenvalue weighted by Gasteiger charge is -2.13. The summed E-state index contributed by atoms with van der Waals surface area (Å²) in [4.78, 5) is 38.6. The number of thiophene rings is 1. The minimum Gasteiger partial charge on any atom is -0.378 e. The van der Waals surface area contributed by atoms with Crippen LogP contribution < -0.4 is 15.5 Å². The summed E-state index contributed by atoms with van der Waals surface area (Å²) in [6, 6.07) is 10.8. The number of ketones is 1. The summed E-state index contributed by atoms with van der Waals surface area (Å²) in [5, 5.41) is 5.15. The number of carbonyl (C=O) groups excluding carboxylic acids is 3. The number of nitrogens with zero attached hydrogens (tertiary/aromatic N) is 1. The molecule has 132 valence electrons. The van der Waals surface area contributed by atoms with Crippen LogP contribution in [-0.2, 0) is 16.0 Å². The lowest BCUT2D eigenvalue weighted by atomic mass is 10.2. The molecule has 1 heterocycles. The first-order chi connectivity index (χ1) is 11.9. The molecule has 25 heavy (non-hydrogen) atoms. The van der Waals surface area contributed by atoms with Gasteiger partial charge in [0.25, 0.3) is 0 Å². The number of hydrogen-bond donors (Lipinski definition) is 2. The Labute approximate surface area is 150 Å². The van der Waals surface area contributed by atoms with E-state index < -0.39 is 11.8 Å². The molecule has 0 aliphatic carbocycles. The second kappa shape index (κ2) is 8.43. The average Bonchev–Trinajstić information content (AvgIpc) is 3.04. The van der Waals surface area contributed by atoms with Gasteiger partial charge in [-0.15, -0.1) is 11.3 Å². The predicted molar refractivity (Wildman–Crippen MR) is 100 cm³/mol. The second-order valence-electron chi connectivity index (χ2n) is 5.72. The van der Waals surface area contributed by atoms with Crippen molar-refractivity contribution >= 4 is 40.3 Å². The lowest BCUT2D eigenvalue weighted by molar-refractivity contribution is -0.136. The Balaban J connectivity index is 1.79. The van der Waals surface area contributed by atoms with Gasteiger partial charge in [0.05, 0.1) is 4.88 Å². The third-order valence-corrected chi connectivity index (χ3v) is 4.76. The fraction of sp³-hybridized carbons (Fsp3) is 0.278. The van der Waals surface area contributed by atoms with Gasteiger partial charge in [0, 0.05) is 36.9 Å². The Morgan fingerprint density at radius 2 is 1.68 bits per heavy atom. The zero-order valence-corrected chi connectivity index (χ0v) is 15.3. The standard InChI is InChI=1S/C18H21N3O3S/c1-12(22)16-9-8-15(25-16)10-11-19-17(23)18(24)20-13-4-6-14(7-5-13)21(2)3/h4-9H,10-11H2,1-3H3,(H,19,23)(H,20,24). The Morgan fingerprint density at radius 3 is 2.24 bits per heavy atom. The molecule has 0 fully saturated rings. The fourth-order valence-electron chi connectivity index (χ4n) is 2.11. The summed E-state index contributed by atoms with van der Waals surface area (Å²) in [6.07, 6.45) is 0.578. The van der Waals surface area contributed by atoms with Gasteiger partial charge in [-0.1, -0.05) is 0 Å². The lowest BCUT2D eigenvalue weighted by Crippen LogP contribution is -2.36. The molecule has 0 aliphatic rings. The van der Waals surface area contributed by atoms with E-state index in [1.54, 1.807) is 18.2 Å². The van der Waals surface area contributed by atoms with Crippen LogP contribution in [0, 0.1) is 0 Å². The molecule has 0 saturated carbocycles. The Kier molecular flexibility index (Phi) is 6.30. The molecule has 0 saturated heterocycles. The molecule has 0 radical (unpaired) electrons. The first kappa shape index (κ1) is 18.7. The van der Waals surface area contributed by atoms with E-state index in [4.69, 9.17) is 0 Å². The minimum absolute atomic E-state index is 0.0277. The Hall–Kier alpha value is -2.67. The highest BCUT2D eigenvalue weighted by Crippen LogP contribution is 2.17. The third-order valence-electron chi connectivity index (χ3n) is 3.51. The summed E-state index contributed by atoms with van der Waals surface area (Å²) < 4.78 is 0. The van der Waals surface area contributed by atoms with Gasteiger partial charge in [-0.3, -0.25) is 14.4 Å². The number of anilines is 2. The van der Waals surface area contributed by atoms with Crippen molar-refractivity contribution in [2.24, 2.45) is 0 Å². The van der Waals surface area contributed by atoms with E-state index in [9.17, 15) is 14.4 Å². The molecule has 1 aromatic carbocycles. The van der Waals surface area contributed by atoms with Crippen molar-refractivity contribution in [2.45, 2.75) is 13.3 Å². The molecule has 0 spiro atoms. The van der Waals surface area contributed by atoms with Crippen LogP contribution in [0.25, 0.3) is 0 Å². The molecule has 0 unspecified atom stereocenters. The van der Waals surface area contributed by atoms with Crippen LogP contribution in [0.4, 0.5) is 11.4 Å². The number of Topliss-reactive ketones (excluding diaryl/α,β-unsaturated/α-hetero) is 1. The highest BCUT2D eigenvalue weighted by molar-refractivity contribution is 7.14. The van der Waals surface area contributed by atoms with E-state index in [1.165, 1.54) is 18.3 Å². The van der Waals surface area contributed by atoms with Crippen LogP contribution in [0.2, 0.25) is 0 Å². The molecule has 7 heteroatoms. The first-order valence-electron chi connectivity index (χ1n) is 7.83. The number of hydrogen-bond acceptors (Lipinski definition) is 5. The van der Waals surface area contributed by atoms with Crippen molar-refractivity contribution in [3.8, 4) is 0 Å². The van der Waals surface area contributed by atoms with Gasteiger partial charge in [-0.05, 0) is 49.7 Å². The van der Waals surface area contributed by atoms with Crippen LogP contribution in [-0.4, -0.2) is 38.2 Å². The zero-order valence-electron chi connectivity index (χ0n) is 14.5. The molecule has 2 N–H and O–H groups in total. The molecular weight excluding hydrogens is 338 g/mol. The van der Waals surface area contributed by atoms with Gasteiger partial charge < -0.3 is 15.5 Å². The number of carbonyl (C=O) groups is 3. The van der Waals surface area contributed by atoms with Gasteiger partial charge >= 0.3 is 11.8 Å². The third kappa shape index (κ3) is 5.42. The summed E-state index contributed by atoms with van der Waals surface area (Å²) in [7, 11) is 3.85. The number of benzene rings is 1. The maximum Gasteiger partial charge on any atom is 0.313 e. The molecule has 2 amide bonds. The summed E-state index contributed by atoms with van der Waals surface area (Å²) >= 11 is 1.40. The predicted octanol–water partition coefficient (Wildman–Crippen LogP) is 2.31. The minimum atomic E-state index is -0.701. The van der Waals surface area contributed by atoms with Crippen molar-refractivity contribution in [3.63, 3.8) is 0 Å². The number of rotatable bonds is 6. The molecule has 1 aromatic heterocycles. The van der Waals surface area contributed by atoms with Crippen LogP contribution in [0.15, 0.2) is 36.4 Å². The van der Waals surface area contributed by atoms with Crippen molar-refractivity contribution in [1.29, 1.82) is 0 Å². The quantitative estimate of drug-likeness (QED) is 0.613. The van der Waals surface area contributed by atoms with Gasteiger partial charge in [0.2, 0.25) is 0 Å². The molecule has 0 bridgehead atoms. The maximum absolute atomic E-state index is 11.9. The van der Waals surface area contributed by atoms with E-state index in [0.717, 1.165) is 10.6 Å². The van der Waals surface area contributed by atoms with Gasteiger partial charge in [0.15, 0.2) is 5.78 Å². The van der Waals surface area contributed by atoms with E-state index in [2.05, 4.69) is 10.6 Å². The van der Waals surface area contributed by atoms with Gasteiger partial charge in [0.1, 0.15) is 0 Å². The second-order valence-corrected chi connectivity index (χ2v) is 6.89. The summed E-state index contributed by atoms with van der Waals surface area (Å²) in [6.45, 7) is 1.86. The average molecular weight is 359 g/mol. The van der Waals surface area contributed by atoms with E-state index in [0.29, 0.717) is 23.5 Å². The first-order valence-corrected chi connectivity index (χ1v) is 8.64. The Bertz CT molecular complexity index is 766. The topological polar surface area (TPSA) is 78.5 Å². The van der Waals surface area contributed by atoms with Gasteiger partial charge in [-0.2, -0.15) is 0 Å². The van der Waals surface area contributed by atoms with E-state index in [-0.39, 0.29) is 5.78 Å². The Morgan fingerprint density at radius 1 is 1.00 bits per heavy atom. The van der Waals surface area contributed by atoms with Crippen molar-refractivity contribution in [1.82, 2.24) is 5.32 Å². The van der Waals surface area contributed by atoms with Crippen molar-refractivity contribution in [3.05, 3.63) is 46.2 Å². The normalized spacial score (nSPS) is 10.2. The van der Waals surface area contributed by atoms with E-state index in [1.807, 2.05) is 37.2 Å².